The second-order valence-corrected chi connectivity index (χ2v) is 6.50. The highest BCUT2D eigenvalue weighted by atomic mass is 16.6. The van der Waals surface area contributed by atoms with E-state index in [0.717, 1.165) is 12.0 Å². The van der Waals surface area contributed by atoms with Crippen LogP contribution < -0.4 is 20.1 Å². The fourth-order valence-corrected chi connectivity index (χ4v) is 3.17. The zero-order valence-electron chi connectivity index (χ0n) is 16.1. The minimum Gasteiger partial charge on any atom is -0.492 e. The summed E-state index contributed by atoms with van der Waals surface area (Å²) >= 11 is 0. The fourth-order valence-electron chi connectivity index (χ4n) is 3.17. The lowest BCUT2D eigenvalue weighted by molar-refractivity contribution is -0.384. The van der Waals surface area contributed by atoms with E-state index in [0.29, 0.717) is 36.0 Å². The molecule has 3 rings (SSSR count). The molecule has 1 aliphatic rings. The molecule has 8 heteroatoms. The molecule has 28 heavy (non-hydrogen) atoms. The van der Waals surface area contributed by atoms with E-state index in [1.807, 2.05) is 26.8 Å². The van der Waals surface area contributed by atoms with Gasteiger partial charge in [-0.15, -0.1) is 0 Å². The van der Waals surface area contributed by atoms with Crippen LogP contribution in [0.3, 0.4) is 0 Å². The molecule has 1 heterocycles. The molecule has 1 atom stereocenters. The predicted octanol–water partition coefficient (Wildman–Crippen LogP) is 4.00. The van der Waals surface area contributed by atoms with Crippen LogP contribution in [-0.2, 0) is 6.42 Å². The molecule has 2 aromatic rings. The summed E-state index contributed by atoms with van der Waals surface area (Å²) in [5.74, 6) is 0.795. The van der Waals surface area contributed by atoms with Gasteiger partial charge in [0, 0.05) is 36.2 Å². The van der Waals surface area contributed by atoms with Gasteiger partial charge in [0.25, 0.3) is 11.6 Å². The van der Waals surface area contributed by atoms with Gasteiger partial charge in [0.05, 0.1) is 17.2 Å². The van der Waals surface area contributed by atoms with Gasteiger partial charge in [0.2, 0.25) is 0 Å². The van der Waals surface area contributed by atoms with E-state index >= 15 is 0 Å². The van der Waals surface area contributed by atoms with Crippen LogP contribution in [0.25, 0.3) is 0 Å². The minimum absolute atomic E-state index is 0.0664. The Morgan fingerprint density at radius 3 is 2.75 bits per heavy atom. The van der Waals surface area contributed by atoms with Crippen molar-refractivity contribution >= 4 is 23.0 Å². The topological polar surface area (TPSA) is 103 Å². The second kappa shape index (κ2) is 8.16. The van der Waals surface area contributed by atoms with Gasteiger partial charge in [-0.1, -0.05) is 0 Å². The molecule has 1 amide bonds. The first-order chi connectivity index (χ1) is 13.4. The van der Waals surface area contributed by atoms with E-state index in [1.54, 1.807) is 12.1 Å². The molecule has 0 aromatic heterocycles. The molecule has 0 saturated carbocycles. The summed E-state index contributed by atoms with van der Waals surface area (Å²) in [7, 11) is 0. The first-order valence-corrected chi connectivity index (χ1v) is 9.23. The van der Waals surface area contributed by atoms with Crippen molar-refractivity contribution in [3.8, 4) is 11.5 Å². The lowest BCUT2D eigenvalue weighted by atomic mass is 10.1. The average molecular weight is 385 g/mol. The average Bonchev–Trinajstić information content (AvgIpc) is 3.01. The molecule has 2 N–H and O–H groups in total. The first kappa shape index (κ1) is 19.5. The van der Waals surface area contributed by atoms with Crippen molar-refractivity contribution < 1.29 is 19.2 Å². The molecule has 0 aliphatic carbocycles. The number of benzene rings is 2. The molecular weight excluding hydrogens is 362 g/mol. The second-order valence-electron chi connectivity index (χ2n) is 6.50. The van der Waals surface area contributed by atoms with Crippen molar-refractivity contribution in [3.05, 3.63) is 51.6 Å². The van der Waals surface area contributed by atoms with Crippen molar-refractivity contribution in [3.63, 3.8) is 0 Å². The number of ether oxygens (including phenoxy) is 2. The molecule has 0 spiro atoms. The van der Waals surface area contributed by atoms with Crippen molar-refractivity contribution in [1.82, 2.24) is 0 Å². The van der Waals surface area contributed by atoms with Crippen molar-refractivity contribution in [2.75, 3.05) is 23.8 Å². The van der Waals surface area contributed by atoms with Crippen molar-refractivity contribution in [2.24, 2.45) is 0 Å². The third kappa shape index (κ3) is 4.00. The van der Waals surface area contributed by atoms with Crippen molar-refractivity contribution in [1.29, 1.82) is 0 Å². The monoisotopic (exact) mass is 385 g/mol. The van der Waals surface area contributed by atoms with E-state index in [9.17, 15) is 14.9 Å². The highest BCUT2D eigenvalue weighted by molar-refractivity contribution is 6.06. The third-order valence-corrected chi connectivity index (χ3v) is 4.37. The Morgan fingerprint density at radius 1 is 1.29 bits per heavy atom. The summed E-state index contributed by atoms with van der Waals surface area (Å²) in [5, 5.41) is 17.0. The summed E-state index contributed by atoms with van der Waals surface area (Å²) < 4.78 is 11.4. The molecule has 148 valence electrons. The molecule has 0 unspecified atom stereocenters. The molecule has 8 nitrogen and oxygen atoms in total. The first-order valence-electron chi connectivity index (χ1n) is 9.23. The standard InChI is InChI=1S/C20H23N3O5/c1-4-21-15-7-6-13(9-17(15)23(25)26)20(24)22-16-11-18-14(8-12(3)28-18)10-19(16)27-5-2/h6-7,9-12,21H,4-5,8H2,1-3H3,(H,22,24)/t12-/m0/s1. The Labute approximate surface area is 163 Å². The van der Waals surface area contributed by atoms with Crippen LogP contribution >= 0.6 is 0 Å². The largest absolute Gasteiger partial charge is 0.492 e. The quantitative estimate of drug-likeness (QED) is 0.552. The zero-order valence-corrected chi connectivity index (χ0v) is 16.1. The lowest BCUT2D eigenvalue weighted by Gasteiger charge is -2.14. The SMILES string of the molecule is CCNc1ccc(C(=O)Nc2cc3c(cc2OCC)C[C@H](C)O3)cc1[N+](=O)[O-]. The highest BCUT2D eigenvalue weighted by Gasteiger charge is 2.23. The van der Waals surface area contributed by atoms with Crippen LogP contribution in [-0.4, -0.2) is 30.1 Å². The normalized spacial score (nSPS) is 14.8. The molecule has 0 saturated heterocycles. The lowest BCUT2D eigenvalue weighted by Crippen LogP contribution is -2.14. The van der Waals surface area contributed by atoms with Crippen molar-refractivity contribution in [2.45, 2.75) is 33.3 Å². The van der Waals surface area contributed by atoms with Gasteiger partial charge in [-0.2, -0.15) is 0 Å². The predicted molar refractivity (Wildman–Crippen MR) is 107 cm³/mol. The van der Waals surface area contributed by atoms with Crippen LogP contribution in [0.4, 0.5) is 17.1 Å². The van der Waals surface area contributed by atoms with Gasteiger partial charge in [-0.3, -0.25) is 14.9 Å². The van der Waals surface area contributed by atoms with Gasteiger partial charge in [-0.25, -0.2) is 0 Å². The number of fused-ring (bicyclic) bond motifs is 1. The van der Waals surface area contributed by atoms with Crippen LogP contribution in [0, 0.1) is 10.1 Å². The summed E-state index contributed by atoms with van der Waals surface area (Å²) in [5.41, 5.74) is 1.91. The van der Waals surface area contributed by atoms with E-state index in [4.69, 9.17) is 9.47 Å². The maximum atomic E-state index is 12.7. The number of hydrogen-bond acceptors (Lipinski definition) is 6. The summed E-state index contributed by atoms with van der Waals surface area (Å²) in [6, 6.07) is 7.96. The summed E-state index contributed by atoms with van der Waals surface area (Å²) in [6.45, 7) is 6.67. The maximum Gasteiger partial charge on any atom is 0.293 e. The van der Waals surface area contributed by atoms with Gasteiger partial charge >= 0.3 is 0 Å². The fraction of sp³-hybridized carbons (Fsp3) is 0.350. The number of carbonyl (C=O) groups is 1. The van der Waals surface area contributed by atoms with Gasteiger partial charge < -0.3 is 20.1 Å². The van der Waals surface area contributed by atoms with E-state index < -0.39 is 10.8 Å². The smallest absolute Gasteiger partial charge is 0.293 e. The number of hydrogen-bond donors (Lipinski definition) is 2. The molecule has 2 aromatic carbocycles. The number of rotatable bonds is 7. The molecular formula is C20H23N3O5. The maximum absolute atomic E-state index is 12.7. The van der Waals surface area contributed by atoms with Crippen LogP contribution in [0.15, 0.2) is 30.3 Å². The van der Waals surface area contributed by atoms with E-state index in [1.165, 1.54) is 12.1 Å². The number of nitrogens with zero attached hydrogens (tertiary/aromatic N) is 1. The number of anilines is 2. The number of carbonyl (C=O) groups excluding carboxylic acids is 1. The summed E-state index contributed by atoms with van der Waals surface area (Å²) in [4.78, 5) is 23.5. The molecule has 0 bridgehead atoms. The highest BCUT2D eigenvalue weighted by Crippen LogP contribution is 2.38. The number of amides is 1. The van der Waals surface area contributed by atoms with Crippen LogP contribution in [0.2, 0.25) is 0 Å². The van der Waals surface area contributed by atoms with Gasteiger partial charge in [0.15, 0.2) is 0 Å². The Bertz CT molecular complexity index is 913. The molecule has 0 fully saturated rings. The Balaban J connectivity index is 1.90. The Hall–Kier alpha value is -3.29. The Kier molecular flexibility index (Phi) is 5.67. The zero-order chi connectivity index (χ0) is 20.3. The Morgan fingerprint density at radius 2 is 2.07 bits per heavy atom. The summed E-state index contributed by atoms with van der Waals surface area (Å²) in [6.07, 6.45) is 0.846. The minimum atomic E-state index is -0.509. The van der Waals surface area contributed by atoms with Crippen LogP contribution in [0.5, 0.6) is 11.5 Å². The third-order valence-electron chi connectivity index (χ3n) is 4.37. The molecule has 0 radical (unpaired) electrons. The van der Waals surface area contributed by atoms with E-state index in [2.05, 4.69) is 10.6 Å². The van der Waals surface area contributed by atoms with Crippen LogP contribution in [0.1, 0.15) is 36.7 Å². The number of nitro benzene ring substituents is 1. The van der Waals surface area contributed by atoms with Gasteiger partial charge in [-0.05, 0) is 39.0 Å². The van der Waals surface area contributed by atoms with E-state index in [-0.39, 0.29) is 17.4 Å². The number of nitrogens with one attached hydrogen (secondary N) is 2. The number of nitro groups is 1. The van der Waals surface area contributed by atoms with Gasteiger partial charge in [0.1, 0.15) is 23.3 Å². The molecule has 1 aliphatic heterocycles.